The van der Waals surface area contributed by atoms with Gasteiger partial charge < -0.3 is 14.1 Å². The van der Waals surface area contributed by atoms with Crippen LogP contribution in [0, 0.1) is 0 Å². The SMILES string of the molecule is CCCCCOc1ccc(C(=O)Nc2nnc(C3CC(=O)N(c4ccccc4)C3)o2)cc1. The standard InChI is InChI=1S/C24H26N4O4/c1-2-3-7-14-31-20-12-10-17(11-13-20)22(30)25-24-27-26-23(32-24)18-15-21(29)28(16-18)19-8-5-4-6-9-19/h4-6,8-13,18H,2-3,7,14-16H2,1H3,(H,25,27,30). The Kier molecular flexibility index (Phi) is 6.79. The molecule has 4 rings (SSSR count). The Morgan fingerprint density at radius 3 is 2.66 bits per heavy atom. The highest BCUT2D eigenvalue weighted by atomic mass is 16.5. The smallest absolute Gasteiger partial charge is 0.322 e. The second-order valence-electron chi connectivity index (χ2n) is 7.72. The van der Waals surface area contributed by atoms with Crippen LogP contribution in [0.5, 0.6) is 5.75 Å². The zero-order valence-corrected chi connectivity index (χ0v) is 18.0. The molecule has 32 heavy (non-hydrogen) atoms. The van der Waals surface area contributed by atoms with Crippen LogP contribution in [0.1, 0.15) is 54.8 Å². The summed E-state index contributed by atoms with van der Waals surface area (Å²) >= 11 is 0. The molecular weight excluding hydrogens is 408 g/mol. The van der Waals surface area contributed by atoms with Crippen LogP contribution in [-0.2, 0) is 4.79 Å². The van der Waals surface area contributed by atoms with Gasteiger partial charge in [-0.2, -0.15) is 0 Å². The first-order valence-corrected chi connectivity index (χ1v) is 10.9. The van der Waals surface area contributed by atoms with Gasteiger partial charge in [0, 0.05) is 24.2 Å². The van der Waals surface area contributed by atoms with Gasteiger partial charge in [0.2, 0.25) is 11.8 Å². The molecule has 1 aliphatic rings. The number of rotatable bonds is 9. The third-order valence-corrected chi connectivity index (χ3v) is 5.34. The van der Waals surface area contributed by atoms with Crippen molar-refractivity contribution in [3.05, 3.63) is 66.1 Å². The van der Waals surface area contributed by atoms with E-state index < -0.39 is 0 Å². The molecule has 2 heterocycles. The number of hydrogen-bond donors (Lipinski definition) is 1. The number of hydrogen-bond acceptors (Lipinski definition) is 6. The van der Waals surface area contributed by atoms with Crippen LogP contribution >= 0.6 is 0 Å². The number of benzene rings is 2. The molecule has 0 spiro atoms. The average Bonchev–Trinajstić information content (AvgIpc) is 3.44. The first kappa shape index (κ1) is 21.5. The second kappa shape index (κ2) is 10.1. The summed E-state index contributed by atoms with van der Waals surface area (Å²) in [6.45, 7) is 3.26. The molecule has 1 saturated heterocycles. The average molecular weight is 434 g/mol. The number of nitrogens with zero attached hydrogens (tertiary/aromatic N) is 3. The molecule has 0 bridgehead atoms. The summed E-state index contributed by atoms with van der Waals surface area (Å²) in [6, 6.07) is 16.4. The van der Waals surface area contributed by atoms with Crippen LogP contribution in [0.2, 0.25) is 0 Å². The van der Waals surface area contributed by atoms with E-state index in [1.165, 1.54) is 0 Å². The number of aromatic nitrogens is 2. The quantitative estimate of drug-likeness (QED) is 0.501. The lowest BCUT2D eigenvalue weighted by atomic mass is 10.1. The fraction of sp³-hybridized carbons (Fsp3) is 0.333. The molecule has 1 atom stereocenters. The number of para-hydroxylation sites is 1. The van der Waals surface area contributed by atoms with Gasteiger partial charge in [0.1, 0.15) is 5.75 Å². The minimum absolute atomic E-state index is 0.00184. The molecule has 8 nitrogen and oxygen atoms in total. The summed E-state index contributed by atoms with van der Waals surface area (Å²) in [7, 11) is 0. The zero-order valence-electron chi connectivity index (χ0n) is 18.0. The van der Waals surface area contributed by atoms with E-state index in [9.17, 15) is 9.59 Å². The fourth-order valence-corrected chi connectivity index (χ4v) is 3.59. The first-order valence-electron chi connectivity index (χ1n) is 10.9. The second-order valence-corrected chi connectivity index (χ2v) is 7.72. The third-order valence-electron chi connectivity index (χ3n) is 5.34. The summed E-state index contributed by atoms with van der Waals surface area (Å²) in [5.41, 5.74) is 1.29. The maximum Gasteiger partial charge on any atom is 0.322 e. The van der Waals surface area contributed by atoms with E-state index in [0.29, 0.717) is 24.6 Å². The van der Waals surface area contributed by atoms with Crippen LogP contribution in [0.4, 0.5) is 11.7 Å². The van der Waals surface area contributed by atoms with Gasteiger partial charge in [-0.25, -0.2) is 0 Å². The molecule has 0 saturated carbocycles. The zero-order chi connectivity index (χ0) is 22.3. The van der Waals surface area contributed by atoms with Crippen molar-refractivity contribution in [2.45, 2.75) is 38.5 Å². The predicted octanol–water partition coefficient (Wildman–Crippen LogP) is 4.41. The molecule has 166 valence electrons. The van der Waals surface area contributed by atoms with Crippen molar-refractivity contribution in [1.29, 1.82) is 0 Å². The molecule has 1 aromatic heterocycles. The summed E-state index contributed by atoms with van der Waals surface area (Å²) in [4.78, 5) is 26.6. The maximum atomic E-state index is 12.5. The van der Waals surface area contributed by atoms with Crippen molar-refractivity contribution < 1.29 is 18.7 Å². The van der Waals surface area contributed by atoms with Gasteiger partial charge in [0.05, 0.1) is 12.5 Å². The highest BCUT2D eigenvalue weighted by molar-refractivity contribution is 6.03. The van der Waals surface area contributed by atoms with Crippen molar-refractivity contribution in [2.75, 3.05) is 23.4 Å². The molecule has 3 aromatic rings. The number of nitrogens with one attached hydrogen (secondary N) is 1. The lowest BCUT2D eigenvalue weighted by Gasteiger charge is -2.15. The Balaban J connectivity index is 1.33. The normalized spacial score (nSPS) is 15.7. The Bertz CT molecular complexity index is 1050. The molecule has 8 heteroatoms. The summed E-state index contributed by atoms with van der Waals surface area (Å²) in [6.07, 6.45) is 3.56. The summed E-state index contributed by atoms with van der Waals surface area (Å²) in [5, 5.41) is 10.6. The Labute approximate surface area is 186 Å². The lowest BCUT2D eigenvalue weighted by molar-refractivity contribution is -0.117. The Morgan fingerprint density at radius 2 is 1.91 bits per heavy atom. The minimum atomic E-state index is -0.355. The van der Waals surface area contributed by atoms with E-state index >= 15 is 0 Å². The molecule has 2 aromatic carbocycles. The first-order chi connectivity index (χ1) is 15.6. The van der Waals surface area contributed by atoms with Gasteiger partial charge in [0.25, 0.3) is 5.91 Å². The van der Waals surface area contributed by atoms with E-state index in [-0.39, 0.29) is 30.2 Å². The van der Waals surface area contributed by atoms with Crippen molar-refractivity contribution in [1.82, 2.24) is 10.2 Å². The number of anilines is 2. The molecule has 1 fully saturated rings. The monoisotopic (exact) mass is 434 g/mol. The van der Waals surface area contributed by atoms with E-state index in [1.54, 1.807) is 29.2 Å². The molecule has 1 N–H and O–H groups in total. The molecule has 2 amide bonds. The lowest BCUT2D eigenvalue weighted by Crippen LogP contribution is -2.24. The number of carbonyl (C=O) groups excluding carboxylic acids is 2. The van der Waals surface area contributed by atoms with Gasteiger partial charge in [0.15, 0.2) is 0 Å². The molecule has 1 unspecified atom stereocenters. The number of amides is 2. The Morgan fingerprint density at radius 1 is 1.12 bits per heavy atom. The van der Waals surface area contributed by atoms with E-state index in [1.807, 2.05) is 30.3 Å². The predicted molar refractivity (Wildman–Crippen MR) is 120 cm³/mol. The van der Waals surface area contributed by atoms with Crippen molar-refractivity contribution in [3.8, 4) is 5.75 Å². The van der Waals surface area contributed by atoms with Gasteiger partial charge in [-0.05, 0) is 42.8 Å². The van der Waals surface area contributed by atoms with Crippen LogP contribution in [0.3, 0.4) is 0 Å². The van der Waals surface area contributed by atoms with Crippen LogP contribution in [0.25, 0.3) is 0 Å². The highest BCUT2D eigenvalue weighted by Crippen LogP contribution is 2.31. The van der Waals surface area contributed by atoms with Crippen LogP contribution in [-0.4, -0.2) is 35.2 Å². The topological polar surface area (TPSA) is 97.6 Å². The third kappa shape index (κ3) is 5.14. The summed E-state index contributed by atoms with van der Waals surface area (Å²) < 4.78 is 11.3. The van der Waals surface area contributed by atoms with Gasteiger partial charge in [-0.3, -0.25) is 14.9 Å². The highest BCUT2D eigenvalue weighted by Gasteiger charge is 2.35. The van der Waals surface area contributed by atoms with Gasteiger partial charge in [-0.15, -0.1) is 5.10 Å². The molecule has 0 aliphatic carbocycles. The van der Waals surface area contributed by atoms with Crippen LogP contribution < -0.4 is 15.0 Å². The van der Waals surface area contributed by atoms with Crippen molar-refractivity contribution >= 4 is 23.5 Å². The summed E-state index contributed by atoms with van der Waals surface area (Å²) in [5.74, 6) is 0.493. The maximum absolute atomic E-state index is 12.5. The molecule has 1 aliphatic heterocycles. The van der Waals surface area contributed by atoms with Crippen molar-refractivity contribution in [2.24, 2.45) is 0 Å². The number of carbonyl (C=O) groups is 2. The largest absolute Gasteiger partial charge is 0.494 e. The molecular formula is C24H26N4O4. The van der Waals surface area contributed by atoms with Gasteiger partial charge >= 0.3 is 6.01 Å². The number of unbranched alkanes of at least 4 members (excludes halogenated alkanes) is 2. The Hall–Kier alpha value is -3.68. The van der Waals surface area contributed by atoms with E-state index in [4.69, 9.17) is 9.15 Å². The minimum Gasteiger partial charge on any atom is -0.494 e. The number of ether oxygens (including phenoxy) is 1. The fourth-order valence-electron chi connectivity index (χ4n) is 3.59. The van der Waals surface area contributed by atoms with Crippen molar-refractivity contribution in [3.63, 3.8) is 0 Å². The van der Waals surface area contributed by atoms with E-state index in [0.717, 1.165) is 30.7 Å². The van der Waals surface area contributed by atoms with E-state index in [2.05, 4.69) is 22.4 Å². The van der Waals surface area contributed by atoms with Crippen LogP contribution in [0.15, 0.2) is 59.0 Å². The molecule has 0 radical (unpaired) electrons. The van der Waals surface area contributed by atoms with Gasteiger partial charge in [-0.1, -0.05) is 43.1 Å².